The highest BCUT2D eigenvalue weighted by Gasteiger charge is 2.10. The van der Waals surface area contributed by atoms with Gasteiger partial charge in [-0.15, -0.1) is 0 Å². The van der Waals surface area contributed by atoms with Crippen LogP contribution in [-0.2, 0) is 19.0 Å². The fourth-order valence-corrected chi connectivity index (χ4v) is 5.89. The molecular formula is C40H81NO4. The maximum Gasteiger partial charge on any atom is 0.305 e. The van der Waals surface area contributed by atoms with E-state index in [1.165, 1.54) is 167 Å². The van der Waals surface area contributed by atoms with Crippen molar-refractivity contribution in [3.8, 4) is 0 Å². The molecule has 0 aromatic heterocycles. The molecule has 0 aromatic rings. The molecule has 5 nitrogen and oxygen atoms in total. The Hall–Kier alpha value is -0.650. The normalized spacial score (nSPS) is 11.7. The summed E-state index contributed by atoms with van der Waals surface area (Å²) in [6, 6.07) is 0. The molecule has 0 radical (unpaired) electrons. The number of nitrogens with zero attached hydrogens (tertiary/aromatic N) is 1. The molecule has 0 rings (SSSR count). The van der Waals surface area contributed by atoms with Gasteiger partial charge in [-0.2, -0.15) is 0 Å². The first-order chi connectivity index (χ1) is 22.1. The van der Waals surface area contributed by atoms with Gasteiger partial charge in [0.05, 0.1) is 6.61 Å². The summed E-state index contributed by atoms with van der Waals surface area (Å²) < 4.78 is 17.7. The topological polar surface area (TPSA) is 48.0 Å². The molecule has 0 heterocycles. The van der Waals surface area contributed by atoms with Gasteiger partial charge in [-0.25, -0.2) is 0 Å². The quantitative estimate of drug-likeness (QED) is 0.0382. The molecule has 0 aliphatic rings. The van der Waals surface area contributed by atoms with Gasteiger partial charge in [0.1, 0.15) is 0 Å². The highest BCUT2D eigenvalue weighted by Crippen LogP contribution is 2.14. The minimum Gasteiger partial charge on any atom is -0.466 e. The summed E-state index contributed by atoms with van der Waals surface area (Å²) in [6.07, 6.45) is 35.6. The van der Waals surface area contributed by atoms with E-state index < -0.39 is 0 Å². The smallest absolute Gasteiger partial charge is 0.305 e. The standard InChI is InChI=1S/C40H81NO4/c1-5-8-11-14-15-24-29-36-43-39(42)32-25-18-16-20-27-34-41(4)35-28-21-17-19-26-33-40(44-37-30-22-12-9-6-2)45-38-31-23-13-10-7-3/h40H,5-38H2,1-4H3. The lowest BCUT2D eigenvalue weighted by Gasteiger charge is -2.19. The van der Waals surface area contributed by atoms with Gasteiger partial charge in [0, 0.05) is 19.6 Å². The van der Waals surface area contributed by atoms with Crippen molar-refractivity contribution < 1.29 is 19.0 Å². The average molecular weight is 640 g/mol. The second-order valence-corrected chi connectivity index (χ2v) is 13.7. The second kappa shape index (κ2) is 37.8. The van der Waals surface area contributed by atoms with E-state index in [1.54, 1.807) is 0 Å². The van der Waals surface area contributed by atoms with Gasteiger partial charge < -0.3 is 19.1 Å². The monoisotopic (exact) mass is 640 g/mol. The van der Waals surface area contributed by atoms with Crippen LogP contribution in [0, 0.1) is 0 Å². The van der Waals surface area contributed by atoms with Crippen LogP contribution in [0.3, 0.4) is 0 Å². The summed E-state index contributed by atoms with van der Waals surface area (Å²) in [6.45, 7) is 11.5. The van der Waals surface area contributed by atoms with Crippen LogP contribution in [0.1, 0.15) is 207 Å². The Morgan fingerprint density at radius 1 is 0.467 bits per heavy atom. The van der Waals surface area contributed by atoms with Crippen LogP contribution >= 0.6 is 0 Å². The van der Waals surface area contributed by atoms with Crippen LogP contribution in [-0.4, -0.2) is 57.1 Å². The molecule has 5 heteroatoms. The fraction of sp³-hybridized carbons (Fsp3) is 0.975. The maximum absolute atomic E-state index is 11.9. The molecular weight excluding hydrogens is 558 g/mol. The Morgan fingerprint density at radius 3 is 1.33 bits per heavy atom. The van der Waals surface area contributed by atoms with Crippen molar-refractivity contribution in [3.63, 3.8) is 0 Å². The van der Waals surface area contributed by atoms with Gasteiger partial charge in [0.2, 0.25) is 0 Å². The van der Waals surface area contributed by atoms with Gasteiger partial charge in [0.15, 0.2) is 6.29 Å². The van der Waals surface area contributed by atoms with E-state index in [4.69, 9.17) is 14.2 Å². The fourth-order valence-electron chi connectivity index (χ4n) is 5.89. The van der Waals surface area contributed by atoms with E-state index in [2.05, 4.69) is 32.7 Å². The zero-order valence-electron chi connectivity index (χ0n) is 31.2. The molecule has 0 saturated heterocycles. The van der Waals surface area contributed by atoms with E-state index in [0.717, 1.165) is 38.9 Å². The van der Waals surface area contributed by atoms with Crippen molar-refractivity contribution in [1.82, 2.24) is 4.90 Å². The predicted octanol–water partition coefficient (Wildman–Crippen LogP) is 12.2. The number of hydrogen-bond acceptors (Lipinski definition) is 5. The molecule has 270 valence electrons. The lowest BCUT2D eigenvalue weighted by atomic mass is 10.1. The Morgan fingerprint density at radius 2 is 0.844 bits per heavy atom. The average Bonchev–Trinajstić information content (AvgIpc) is 3.04. The third kappa shape index (κ3) is 36.0. The first-order valence-corrected chi connectivity index (χ1v) is 20.2. The number of ether oxygens (including phenoxy) is 3. The lowest BCUT2D eigenvalue weighted by molar-refractivity contribution is -0.148. The largest absolute Gasteiger partial charge is 0.466 e. The lowest BCUT2D eigenvalue weighted by Crippen LogP contribution is -2.21. The minimum absolute atomic E-state index is 0.00187. The summed E-state index contributed by atoms with van der Waals surface area (Å²) in [5, 5.41) is 0. The number of hydrogen-bond donors (Lipinski definition) is 0. The predicted molar refractivity (Wildman–Crippen MR) is 195 cm³/mol. The summed E-state index contributed by atoms with van der Waals surface area (Å²) in [5.41, 5.74) is 0. The van der Waals surface area contributed by atoms with Crippen molar-refractivity contribution in [2.24, 2.45) is 0 Å². The third-order valence-corrected chi connectivity index (χ3v) is 9.01. The molecule has 0 N–H and O–H groups in total. The van der Waals surface area contributed by atoms with Crippen molar-refractivity contribution in [1.29, 1.82) is 0 Å². The molecule has 0 spiro atoms. The van der Waals surface area contributed by atoms with Gasteiger partial charge in [-0.1, -0.05) is 149 Å². The number of carbonyl (C=O) groups excluding carboxylic acids is 1. The molecule has 0 fully saturated rings. The highest BCUT2D eigenvalue weighted by molar-refractivity contribution is 5.69. The molecule has 0 atom stereocenters. The Labute approximate surface area is 282 Å². The Balaban J connectivity index is 3.68. The summed E-state index contributed by atoms with van der Waals surface area (Å²) in [4.78, 5) is 14.4. The SMILES string of the molecule is CCCCCCCCCOC(=O)CCCCCCCN(C)CCCCCCCC(OCCCCCCC)OCCCCCCC. The van der Waals surface area contributed by atoms with Crippen LogP contribution in [0.5, 0.6) is 0 Å². The van der Waals surface area contributed by atoms with Crippen molar-refractivity contribution in [3.05, 3.63) is 0 Å². The van der Waals surface area contributed by atoms with E-state index >= 15 is 0 Å². The maximum atomic E-state index is 11.9. The van der Waals surface area contributed by atoms with Crippen LogP contribution in [0.2, 0.25) is 0 Å². The minimum atomic E-state index is 0.00187. The summed E-state index contributed by atoms with van der Waals surface area (Å²) in [7, 11) is 2.27. The third-order valence-electron chi connectivity index (χ3n) is 9.01. The van der Waals surface area contributed by atoms with Gasteiger partial charge in [-0.05, 0) is 71.5 Å². The molecule has 0 saturated carbocycles. The molecule has 0 unspecified atom stereocenters. The highest BCUT2D eigenvalue weighted by atomic mass is 16.7. The molecule has 0 aliphatic carbocycles. The number of esters is 1. The van der Waals surface area contributed by atoms with Gasteiger partial charge in [0.25, 0.3) is 0 Å². The van der Waals surface area contributed by atoms with Gasteiger partial charge >= 0.3 is 5.97 Å². The molecule has 0 bridgehead atoms. The van der Waals surface area contributed by atoms with Crippen LogP contribution in [0.25, 0.3) is 0 Å². The summed E-state index contributed by atoms with van der Waals surface area (Å²) in [5.74, 6) is 0.00327. The van der Waals surface area contributed by atoms with Crippen LogP contribution in [0.4, 0.5) is 0 Å². The van der Waals surface area contributed by atoms with E-state index in [0.29, 0.717) is 13.0 Å². The first kappa shape index (κ1) is 44.4. The first-order valence-electron chi connectivity index (χ1n) is 20.2. The Kier molecular flexibility index (Phi) is 37.3. The second-order valence-electron chi connectivity index (χ2n) is 13.7. The van der Waals surface area contributed by atoms with Crippen molar-refractivity contribution in [2.45, 2.75) is 213 Å². The summed E-state index contributed by atoms with van der Waals surface area (Å²) >= 11 is 0. The molecule has 0 aliphatic heterocycles. The Bertz CT molecular complexity index is 556. The zero-order chi connectivity index (χ0) is 32.9. The number of unbranched alkanes of at least 4 members (excludes halogenated alkanes) is 22. The van der Waals surface area contributed by atoms with Gasteiger partial charge in [-0.3, -0.25) is 4.79 Å². The van der Waals surface area contributed by atoms with E-state index in [1.807, 2.05) is 0 Å². The van der Waals surface area contributed by atoms with Crippen LogP contribution < -0.4 is 0 Å². The molecule has 45 heavy (non-hydrogen) atoms. The van der Waals surface area contributed by atoms with Crippen molar-refractivity contribution in [2.75, 3.05) is 40.0 Å². The number of carbonyl (C=O) groups is 1. The molecule has 0 aromatic carbocycles. The van der Waals surface area contributed by atoms with E-state index in [-0.39, 0.29) is 12.3 Å². The number of rotatable bonds is 38. The van der Waals surface area contributed by atoms with Crippen LogP contribution in [0.15, 0.2) is 0 Å². The van der Waals surface area contributed by atoms with E-state index in [9.17, 15) is 4.79 Å². The zero-order valence-corrected chi connectivity index (χ0v) is 31.2. The molecule has 0 amide bonds. The van der Waals surface area contributed by atoms with Crippen molar-refractivity contribution >= 4 is 5.97 Å².